The zero-order valence-corrected chi connectivity index (χ0v) is 12.9. The van der Waals surface area contributed by atoms with Gasteiger partial charge in [-0.1, -0.05) is 35.6 Å². The number of nitrogens with zero attached hydrogens (tertiary/aromatic N) is 1. The topological polar surface area (TPSA) is 71.5 Å². The number of halogens is 5. The van der Waals surface area contributed by atoms with Crippen molar-refractivity contribution >= 4 is 51.9 Å². The monoisotopic (exact) mass is 423 g/mol. The highest BCUT2D eigenvalue weighted by Crippen LogP contribution is 2.29. The Morgan fingerprint density at radius 1 is 1.29 bits per heavy atom. The number of hydrogen-bond acceptors (Lipinski definition) is 4. The maximum absolute atomic E-state index is 12.2. The Morgan fingerprint density at radius 2 is 1.71 bits per heavy atom. The molecule has 0 fully saturated rings. The molecule has 0 aromatic heterocycles. The van der Waals surface area contributed by atoms with E-state index in [1.807, 2.05) is 0 Å². The van der Waals surface area contributed by atoms with Crippen molar-refractivity contribution in [3.8, 4) is 0 Å². The first-order chi connectivity index (χ1) is 7.34. The molecule has 17 heavy (non-hydrogen) atoms. The predicted molar refractivity (Wildman–Crippen MR) is 62.5 cm³/mol. The van der Waals surface area contributed by atoms with Crippen LogP contribution in [0.4, 0.5) is 13.2 Å². The van der Waals surface area contributed by atoms with Crippen molar-refractivity contribution in [1.29, 1.82) is 0 Å². The lowest BCUT2D eigenvalue weighted by Gasteiger charge is -2.20. The maximum atomic E-state index is 12.2. The van der Waals surface area contributed by atoms with Crippen molar-refractivity contribution in [2.75, 3.05) is 12.8 Å². The fourth-order valence-electron chi connectivity index (χ4n) is 0.654. The summed E-state index contributed by atoms with van der Waals surface area (Å²) in [5, 5.41) is 0. The first-order valence-corrected chi connectivity index (χ1v) is 8.57. The normalized spacial score (nSPS) is 15.4. The molecule has 0 N–H and O–H groups in total. The second kappa shape index (κ2) is 5.55. The third-order valence-electron chi connectivity index (χ3n) is 1.33. The van der Waals surface area contributed by atoms with Gasteiger partial charge in [-0.15, -0.1) is 0 Å². The van der Waals surface area contributed by atoms with Gasteiger partial charge in [0, 0.05) is 4.48 Å². The Hall–Kier alpha value is 0.350. The van der Waals surface area contributed by atoms with E-state index in [4.69, 9.17) is 0 Å². The first kappa shape index (κ1) is 17.4. The molecule has 0 aliphatic heterocycles. The quantitative estimate of drug-likeness (QED) is 0.688. The van der Waals surface area contributed by atoms with E-state index in [2.05, 4.69) is 31.9 Å². The number of alkyl halides is 3. The molecule has 0 radical (unpaired) electrons. The molecule has 0 heterocycles. The lowest BCUT2D eigenvalue weighted by Crippen LogP contribution is -2.44. The molecular weight excluding hydrogens is 419 g/mol. The second-order valence-electron chi connectivity index (χ2n) is 2.70. The van der Waals surface area contributed by atoms with Crippen LogP contribution in [0.3, 0.4) is 0 Å². The van der Waals surface area contributed by atoms with Gasteiger partial charge in [0.2, 0.25) is 10.0 Å². The van der Waals surface area contributed by atoms with Crippen LogP contribution in [-0.4, -0.2) is 38.9 Å². The minimum absolute atomic E-state index is 0.0873. The zero-order valence-electron chi connectivity index (χ0n) is 8.07. The Bertz CT molecular complexity index is 510. The molecule has 0 spiro atoms. The van der Waals surface area contributed by atoms with E-state index in [9.17, 15) is 30.0 Å². The summed E-state index contributed by atoms with van der Waals surface area (Å²) in [5.74, 6) is 0. The van der Waals surface area contributed by atoms with Gasteiger partial charge in [0.15, 0.2) is 0 Å². The fraction of sp³-hybridized carbons (Fsp3) is 0.600. The summed E-state index contributed by atoms with van der Waals surface area (Å²) in [5.41, 5.74) is -5.68. The van der Waals surface area contributed by atoms with E-state index in [1.165, 1.54) is 0 Å². The summed E-state index contributed by atoms with van der Waals surface area (Å²) >= 11 is 5.43. The molecule has 0 aromatic rings. The Labute approximate surface area is 113 Å². The molecule has 0 aromatic carbocycles. The van der Waals surface area contributed by atoms with E-state index < -0.39 is 35.8 Å². The van der Waals surface area contributed by atoms with Gasteiger partial charge < -0.3 is 0 Å². The maximum Gasteiger partial charge on any atom is 0.512 e. The lowest BCUT2D eigenvalue weighted by molar-refractivity contribution is -0.0467. The zero-order chi connectivity index (χ0) is 14.1. The van der Waals surface area contributed by atoms with Crippen LogP contribution in [0, 0.1) is 0 Å². The molecule has 0 saturated heterocycles. The Kier molecular flexibility index (Phi) is 5.66. The van der Waals surface area contributed by atoms with Gasteiger partial charge in [0.05, 0.1) is 12.8 Å². The van der Waals surface area contributed by atoms with Gasteiger partial charge in [-0.3, -0.25) is 0 Å². The van der Waals surface area contributed by atoms with Crippen molar-refractivity contribution in [3.05, 3.63) is 9.47 Å². The van der Waals surface area contributed by atoms with Crippen LogP contribution < -0.4 is 0 Å². The molecule has 12 heteroatoms. The molecule has 5 nitrogen and oxygen atoms in total. The van der Waals surface area contributed by atoms with Crippen molar-refractivity contribution in [1.82, 2.24) is 3.71 Å². The standard InChI is InChI=1S/C5H6Br2F3NO4S2/c1-16(12,13)11(3-4(7)2-6)17(14,15)5(8,9)10/h2H,3H2,1H3. The van der Waals surface area contributed by atoms with Crippen molar-refractivity contribution in [2.24, 2.45) is 0 Å². The van der Waals surface area contributed by atoms with E-state index in [-0.39, 0.29) is 4.48 Å². The predicted octanol–water partition coefficient (Wildman–Crippen LogP) is 1.73. The van der Waals surface area contributed by atoms with E-state index >= 15 is 0 Å². The summed E-state index contributed by atoms with van der Waals surface area (Å²) in [7, 11) is -10.5. The highest BCUT2D eigenvalue weighted by atomic mass is 79.9. The third kappa shape index (κ3) is 4.50. The Morgan fingerprint density at radius 3 is 1.94 bits per heavy atom. The second-order valence-corrected chi connectivity index (χ2v) is 8.17. The molecule has 0 saturated carbocycles. The van der Waals surface area contributed by atoms with Gasteiger partial charge in [-0.2, -0.15) is 13.2 Å². The van der Waals surface area contributed by atoms with Crippen LogP contribution >= 0.6 is 31.9 Å². The SMILES string of the molecule is CS(=O)(=O)N(CC(Br)=CBr)S(=O)(=O)C(F)(F)F. The van der Waals surface area contributed by atoms with Crippen LogP contribution in [0.15, 0.2) is 9.47 Å². The molecule has 102 valence electrons. The number of rotatable bonds is 4. The van der Waals surface area contributed by atoms with Crippen LogP contribution in [0.25, 0.3) is 0 Å². The molecule has 0 aliphatic carbocycles. The largest absolute Gasteiger partial charge is 0.512 e. The minimum atomic E-state index is -5.95. The van der Waals surface area contributed by atoms with Crippen molar-refractivity contribution in [2.45, 2.75) is 5.51 Å². The molecule has 0 unspecified atom stereocenters. The highest BCUT2D eigenvalue weighted by Gasteiger charge is 2.53. The van der Waals surface area contributed by atoms with Gasteiger partial charge in [-0.05, 0) is 4.99 Å². The Balaban J connectivity index is 5.70. The average molecular weight is 425 g/mol. The first-order valence-electron chi connectivity index (χ1n) is 3.58. The van der Waals surface area contributed by atoms with Crippen LogP contribution in [0.2, 0.25) is 0 Å². The van der Waals surface area contributed by atoms with Crippen LogP contribution in [0.1, 0.15) is 0 Å². The summed E-state index contributed by atoms with van der Waals surface area (Å²) < 4.78 is 80.1. The lowest BCUT2D eigenvalue weighted by atomic mass is 10.7. The third-order valence-corrected chi connectivity index (χ3v) is 6.50. The van der Waals surface area contributed by atoms with E-state index in [0.29, 0.717) is 6.26 Å². The minimum Gasteiger partial charge on any atom is -0.212 e. The van der Waals surface area contributed by atoms with Gasteiger partial charge in [0.1, 0.15) is 0 Å². The highest BCUT2D eigenvalue weighted by molar-refractivity contribution is 9.14. The summed E-state index contributed by atoms with van der Waals surface area (Å²) in [6, 6.07) is 0. The molecule has 0 amide bonds. The molecule has 0 aliphatic rings. The summed E-state index contributed by atoms with van der Waals surface area (Å²) in [6.07, 6.45) is 0.366. The van der Waals surface area contributed by atoms with Crippen molar-refractivity contribution < 1.29 is 30.0 Å². The molecule has 0 atom stereocenters. The van der Waals surface area contributed by atoms with Crippen LogP contribution in [-0.2, 0) is 20.0 Å². The van der Waals surface area contributed by atoms with E-state index in [0.717, 1.165) is 4.99 Å². The van der Waals surface area contributed by atoms with E-state index in [1.54, 1.807) is 0 Å². The number of sulfonamides is 2. The molecule has 0 rings (SSSR count). The van der Waals surface area contributed by atoms with Gasteiger partial charge in [-0.25, -0.2) is 16.8 Å². The fourth-order valence-corrected chi connectivity index (χ4v) is 3.97. The number of hydrogen-bond donors (Lipinski definition) is 0. The van der Waals surface area contributed by atoms with Gasteiger partial charge in [0.25, 0.3) is 0 Å². The average Bonchev–Trinajstić information content (AvgIpc) is 2.09. The smallest absolute Gasteiger partial charge is 0.212 e. The van der Waals surface area contributed by atoms with Crippen LogP contribution in [0.5, 0.6) is 0 Å². The van der Waals surface area contributed by atoms with Gasteiger partial charge >= 0.3 is 15.5 Å². The summed E-state index contributed by atoms with van der Waals surface area (Å²) in [6.45, 7) is -0.980. The molecule has 0 bridgehead atoms. The van der Waals surface area contributed by atoms with Crippen molar-refractivity contribution in [3.63, 3.8) is 0 Å². The molecular formula is C5H6Br2F3NO4S2. The summed E-state index contributed by atoms with van der Waals surface area (Å²) in [4.78, 5) is 1.05.